The third-order valence-electron chi connectivity index (χ3n) is 4.47. The molecule has 2 N–H and O–H groups in total. The van der Waals surface area contributed by atoms with E-state index in [1.807, 2.05) is 29.2 Å². The molecule has 23 heavy (non-hydrogen) atoms. The predicted octanol–water partition coefficient (Wildman–Crippen LogP) is 2.19. The predicted molar refractivity (Wildman–Crippen MR) is 90.2 cm³/mol. The lowest BCUT2D eigenvalue weighted by Crippen LogP contribution is -2.41. The third kappa shape index (κ3) is 5.22. The van der Waals surface area contributed by atoms with Crippen molar-refractivity contribution >= 4 is 5.91 Å². The maximum atomic E-state index is 12.9. The number of rotatable bonds is 7. The van der Waals surface area contributed by atoms with E-state index in [4.69, 9.17) is 15.2 Å². The Morgan fingerprint density at radius 3 is 2.61 bits per heavy atom. The minimum absolute atomic E-state index is 0.0499. The van der Waals surface area contributed by atoms with Crippen molar-refractivity contribution in [2.45, 2.75) is 38.3 Å². The van der Waals surface area contributed by atoms with Crippen LogP contribution in [0.2, 0.25) is 0 Å². The summed E-state index contributed by atoms with van der Waals surface area (Å²) in [6, 6.07) is 8.00. The number of nitrogens with zero attached hydrogens (tertiary/aromatic N) is 1. The highest BCUT2D eigenvalue weighted by Gasteiger charge is 2.28. The molecular formula is C18H28N2O3. The Morgan fingerprint density at radius 2 is 2.00 bits per heavy atom. The number of amides is 1. The molecule has 0 heterocycles. The van der Waals surface area contributed by atoms with Gasteiger partial charge in [0.15, 0.2) is 0 Å². The molecule has 0 radical (unpaired) electrons. The Kier molecular flexibility index (Phi) is 6.86. The zero-order chi connectivity index (χ0) is 16.7. The molecule has 0 bridgehead atoms. The zero-order valence-corrected chi connectivity index (χ0v) is 14.2. The number of benzene rings is 1. The van der Waals surface area contributed by atoms with Crippen LogP contribution in [-0.4, -0.2) is 44.2 Å². The van der Waals surface area contributed by atoms with E-state index in [9.17, 15) is 4.79 Å². The van der Waals surface area contributed by atoms with Gasteiger partial charge in [0.2, 0.25) is 5.91 Å². The third-order valence-corrected chi connectivity index (χ3v) is 4.47. The van der Waals surface area contributed by atoms with E-state index >= 15 is 0 Å². The quantitative estimate of drug-likeness (QED) is 0.836. The van der Waals surface area contributed by atoms with Crippen LogP contribution in [-0.2, 0) is 16.1 Å². The summed E-state index contributed by atoms with van der Waals surface area (Å²) in [6.45, 7) is 1.74. The molecule has 0 spiro atoms. The van der Waals surface area contributed by atoms with Crippen molar-refractivity contribution in [3.8, 4) is 5.75 Å². The molecule has 0 saturated heterocycles. The molecular weight excluding hydrogens is 292 g/mol. The van der Waals surface area contributed by atoms with Crippen molar-refractivity contribution in [3.05, 3.63) is 29.8 Å². The van der Waals surface area contributed by atoms with Crippen molar-refractivity contribution in [2.75, 3.05) is 27.4 Å². The Balaban J connectivity index is 2.03. The standard InChI is InChI=1S/C18H28N2O3/c1-22-11-10-20(13-14-6-8-17(23-2)9-7-14)18(21)15-4-3-5-16(19)12-15/h6-9,15-16H,3-5,10-13,19H2,1-2H3/t15-,16+/m1/s1. The molecule has 1 aliphatic rings. The van der Waals surface area contributed by atoms with Gasteiger partial charge in [0.25, 0.3) is 0 Å². The minimum atomic E-state index is 0.0499. The molecule has 5 nitrogen and oxygen atoms in total. The van der Waals surface area contributed by atoms with Gasteiger partial charge in [0.1, 0.15) is 5.75 Å². The molecule has 1 aromatic rings. The second-order valence-corrected chi connectivity index (χ2v) is 6.22. The van der Waals surface area contributed by atoms with Gasteiger partial charge in [-0.2, -0.15) is 0 Å². The lowest BCUT2D eigenvalue weighted by atomic mass is 9.85. The first kappa shape index (κ1) is 17.8. The molecule has 2 atom stereocenters. The first-order chi connectivity index (χ1) is 11.1. The number of hydrogen-bond acceptors (Lipinski definition) is 4. The van der Waals surface area contributed by atoms with Crippen molar-refractivity contribution in [1.82, 2.24) is 4.90 Å². The monoisotopic (exact) mass is 320 g/mol. The fourth-order valence-corrected chi connectivity index (χ4v) is 3.13. The molecule has 1 amide bonds. The molecule has 0 unspecified atom stereocenters. The fraction of sp³-hybridized carbons (Fsp3) is 0.611. The van der Waals surface area contributed by atoms with Crippen LogP contribution in [0.15, 0.2) is 24.3 Å². The van der Waals surface area contributed by atoms with Crippen LogP contribution in [0.1, 0.15) is 31.2 Å². The van der Waals surface area contributed by atoms with E-state index in [1.165, 1.54) is 0 Å². The van der Waals surface area contributed by atoms with Crippen LogP contribution < -0.4 is 10.5 Å². The second-order valence-electron chi connectivity index (χ2n) is 6.22. The maximum absolute atomic E-state index is 12.9. The number of methoxy groups -OCH3 is 2. The molecule has 0 aliphatic heterocycles. The van der Waals surface area contributed by atoms with Gasteiger partial charge in [-0.25, -0.2) is 0 Å². The maximum Gasteiger partial charge on any atom is 0.226 e. The van der Waals surface area contributed by atoms with E-state index < -0.39 is 0 Å². The summed E-state index contributed by atoms with van der Waals surface area (Å²) >= 11 is 0. The van der Waals surface area contributed by atoms with E-state index in [0.717, 1.165) is 37.0 Å². The Morgan fingerprint density at radius 1 is 1.26 bits per heavy atom. The summed E-state index contributed by atoms with van der Waals surface area (Å²) in [6.07, 6.45) is 3.81. The van der Waals surface area contributed by atoms with Gasteiger partial charge >= 0.3 is 0 Å². The van der Waals surface area contributed by atoms with Crippen molar-refractivity contribution < 1.29 is 14.3 Å². The van der Waals surface area contributed by atoms with E-state index in [2.05, 4.69) is 0 Å². The lowest BCUT2D eigenvalue weighted by Gasteiger charge is -2.31. The highest BCUT2D eigenvalue weighted by molar-refractivity contribution is 5.79. The van der Waals surface area contributed by atoms with Gasteiger partial charge in [-0.15, -0.1) is 0 Å². The van der Waals surface area contributed by atoms with Crippen LogP contribution in [0.5, 0.6) is 5.75 Å². The molecule has 0 aromatic heterocycles. The average Bonchev–Trinajstić information content (AvgIpc) is 2.58. The highest BCUT2D eigenvalue weighted by Crippen LogP contribution is 2.25. The van der Waals surface area contributed by atoms with E-state index in [0.29, 0.717) is 19.7 Å². The normalized spacial score (nSPS) is 21.0. The van der Waals surface area contributed by atoms with Gasteiger partial charge in [0.05, 0.1) is 13.7 Å². The SMILES string of the molecule is COCCN(Cc1ccc(OC)cc1)C(=O)[C@@H]1CCC[C@H](N)C1. The van der Waals surface area contributed by atoms with Gasteiger partial charge in [0, 0.05) is 32.2 Å². The summed E-state index contributed by atoms with van der Waals surface area (Å²) in [7, 11) is 3.31. The number of ether oxygens (including phenoxy) is 2. The smallest absolute Gasteiger partial charge is 0.226 e. The van der Waals surface area contributed by atoms with Crippen LogP contribution in [0.3, 0.4) is 0 Å². The summed E-state index contributed by atoms with van der Waals surface area (Å²) in [5.41, 5.74) is 7.13. The molecule has 1 fully saturated rings. The van der Waals surface area contributed by atoms with Gasteiger partial charge < -0.3 is 20.1 Å². The first-order valence-corrected chi connectivity index (χ1v) is 8.30. The number of nitrogens with two attached hydrogens (primary N) is 1. The van der Waals surface area contributed by atoms with Crippen LogP contribution in [0.25, 0.3) is 0 Å². The Bertz CT molecular complexity index is 490. The van der Waals surface area contributed by atoms with Crippen LogP contribution in [0, 0.1) is 5.92 Å². The zero-order valence-electron chi connectivity index (χ0n) is 14.2. The molecule has 5 heteroatoms. The number of hydrogen-bond donors (Lipinski definition) is 1. The van der Waals surface area contributed by atoms with Crippen LogP contribution >= 0.6 is 0 Å². The topological polar surface area (TPSA) is 64.8 Å². The average molecular weight is 320 g/mol. The molecule has 128 valence electrons. The molecule has 1 aliphatic carbocycles. The lowest BCUT2D eigenvalue weighted by molar-refractivity contribution is -0.138. The van der Waals surface area contributed by atoms with Gasteiger partial charge in [-0.1, -0.05) is 18.6 Å². The highest BCUT2D eigenvalue weighted by atomic mass is 16.5. The summed E-state index contributed by atoms with van der Waals surface area (Å²) in [4.78, 5) is 14.8. The minimum Gasteiger partial charge on any atom is -0.497 e. The molecule has 1 saturated carbocycles. The number of carbonyl (C=O) groups excluding carboxylic acids is 1. The largest absolute Gasteiger partial charge is 0.497 e. The van der Waals surface area contributed by atoms with Gasteiger partial charge in [-0.05, 0) is 37.0 Å². The van der Waals surface area contributed by atoms with Gasteiger partial charge in [-0.3, -0.25) is 4.79 Å². The Labute approximate surface area is 138 Å². The second kappa shape index (κ2) is 8.89. The van der Waals surface area contributed by atoms with E-state index in [-0.39, 0.29) is 17.9 Å². The van der Waals surface area contributed by atoms with E-state index in [1.54, 1.807) is 14.2 Å². The summed E-state index contributed by atoms with van der Waals surface area (Å²) in [5, 5.41) is 0. The molecule has 1 aromatic carbocycles. The summed E-state index contributed by atoms with van der Waals surface area (Å²) in [5.74, 6) is 1.07. The van der Waals surface area contributed by atoms with Crippen LogP contribution in [0.4, 0.5) is 0 Å². The van der Waals surface area contributed by atoms with Crippen molar-refractivity contribution in [1.29, 1.82) is 0 Å². The Hall–Kier alpha value is -1.59. The fourth-order valence-electron chi connectivity index (χ4n) is 3.13. The molecule has 2 rings (SSSR count). The van der Waals surface area contributed by atoms with Crippen molar-refractivity contribution in [2.24, 2.45) is 11.7 Å². The first-order valence-electron chi connectivity index (χ1n) is 8.30. The summed E-state index contributed by atoms with van der Waals surface area (Å²) < 4.78 is 10.3. The number of carbonyl (C=O) groups is 1. The van der Waals surface area contributed by atoms with Crippen molar-refractivity contribution in [3.63, 3.8) is 0 Å².